The van der Waals surface area contributed by atoms with Gasteiger partial charge in [0, 0.05) is 17.0 Å². The quantitative estimate of drug-likeness (QED) is 0.915. The Hall–Kier alpha value is -1.92. The van der Waals surface area contributed by atoms with Gasteiger partial charge in [-0.3, -0.25) is 5.32 Å². The van der Waals surface area contributed by atoms with Gasteiger partial charge >= 0.3 is 6.03 Å². The number of likely N-dealkylation sites (tertiary alicyclic amines) is 1. The standard InChI is InChI=1S/C16H20N4OS/c1-20-9-7-13(8-10-20)17-15(21)19-16-18-14(11-22-16)12-5-3-2-4-6-12/h2-6,11,13H,7-10H2,1H3,(H2,17,18,19,21). The summed E-state index contributed by atoms with van der Waals surface area (Å²) in [4.78, 5) is 18.8. The van der Waals surface area contributed by atoms with E-state index in [4.69, 9.17) is 0 Å². The lowest BCUT2D eigenvalue weighted by atomic mass is 10.1. The van der Waals surface area contributed by atoms with Crippen LogP contribution in [-0.4, -0.2) is 42.1 Å². The number of urea groups is 1. The van der Waals surface area contributed by atoms with Crippen molar-refractivity contribution < 1.29 is 4.79 Å². The first-order valence-corrected chi connectivity index (χ1v) is 8.36. The van der Waals surface area contributed by atoms with Gasteiger partial charge in [0.1, 0.15) is 0 Å². The van der Waals surface area contributed by atoms with Crippen molar-refractivity contribution in [3.05, 3.63) is 35.7 Å². The van der Waals surface area contributed by atoms with Crippen LogP contribution >= 0.6 is 11.3 Å². The van der Waals surface area contributed by atoms with Gasteiger partial charge in [0.05, 0.1) is 5.69 Å². The van der Waals surface area contributed by atoms with Gasteiger partial charge in [0.25, 0.3) is 0 Å². The molecule has 2 heterocycles. The molecule has 3 rings (SSSR count). The number of thiazole rings is 1. The van der Waals surface area contributed by atoms with Crippen LogP contribution in [0.2, 0.25) is 0 Å². The molecule has 0 bridgehead atoms. The van der Waals surface area contributed by atoms with Gasteiger partial charge in [-0.1, -0.05) is 30.3 Å². The van der Waals surface area contributed by atoms with Crippen molar-refractivity contribution in [3.8, 4) is 11.3 Å². The fourth-order valence-corrected chi connectivity index (χ4v) is 3.26. The number of hydrogen-bond donors (Lipinski definition) is 2. The molecule has 1 aliphatic heterocycles. The summed E-state index contributed by atoms with van der Waals surface area (Å²) in [5, 5.41) is 8.45. The fourth-order valence-electron chi connectivity index (χ4n) is 2.54. The molecule has 2 aromatic rings. The van der Waals surface area contributed by atoms with Crippen LogP contribution in [0, 0.1) is 0 Å². The number of anilines is 1. The van der Waals surface area contributed by atoms with Crippen molar-refractivity contribution in [2.45, 2.75) is 18.9 Å². The molecule has 6 heteroatoms. The highest BCUT2D eigenvalue weighted by Gasteiger charge is 2.18. The van der Waals surface area contributed by atoms with Gasteiger partial charge in [0.15, 0.2) is 5.13 Å². The van der Waals surface area contributed by atoms with Gasteiger partial charge in [0.2, 0.25) is 0 Å². The van der Waals surface area contributed by atoms with E-state index >= 15 is 0 Å². The molecule has 0 spiro atoms. The predicted molar refractivity (Wildman–Crippen MR) is 90.2 cm³/mol. The molecule has 2 amide bonds. The summed E-state index contributed by atoms with van der Waals surface area (Å²) in [6.07, 6.45) is 1.99. The number of rotatable bonds is 3. The molecular formula is C16H20N4OS. The van der Waals surface area contributed by atoms with Gasteiger partial charge in [-0.2, -0.15) is 0 Å². The van der Waals surface area contributed by atoms with E-state index in [0.29, 0.717) is 5.13 Å². The molecule has 0 unspecified atom stereocenters. The van der Waals surface area contributed by atoms with E-state index in [0.717, 1.165) is 37.2 Å². The lowest BCUT2D eigenvalue weighted by molar-refractivity contribution is 0.221. The predicted octanol–water partition coefficient (Wildman–Crippen LogP) is 3.03. The Morgan fingerprint density at radius 3 is 2.73 bits per heavy atom. The van der Waals surface area contributed by atoms with Crippen LogP contribution in [0.3, 0.4) is 0 Å². The van der Waals surface area contributed by atoms with Crippen molar-refractivity contribution >= 4 is 22.5 Å². The maximum absolute atomic E-state index is 12.0. The largest absolute Gasteiger partial charge is 0.335 e. The molecule has 5 nitrogen and oxygen atoms in total. The number of nitrogens with one attached hydrogen (secondary N) is 2. The summed E-state index contributed by atoms with van der Waals surface area (Å²) in [7, 11) is 2.11. The van der Waals surface area contributed by atoms with E-state index < -0.39 is 0 Å². The first kappa shape index (κ1) is 15.0. The Kier molecular flexibility index (Phi) is 4.70. The van der Waals surface area contributed by atoms with Crippen LogP contribution in [0.25, 0.3) is 11.3 Å². The first-order valence-electron chi connectivity index (χ1n) is 7.48. The van der Waals surface area contributed by atoms with Crippen LogP contribution in [-0.2, 0) is 0 Å². The molecule has 1 saturated heterocycles. The molecule has 1 aromatic carbocycles. The second-order valence-electron chi connectivity index (χ2n) is 5.58. The molecule has 22 heavy (non-hydrogen) atoms. The van der Waals surface area contributed by atoms with E-state index in [1.54, 1.807) is 0 Å². The normalized spacial score (nSPS) is 16.4. The minimum atomic E-state index is -0.163. The topological polar surface area (TPSA) is 57.3 Å². The van der Waals surface area contributed by atoms with Crippen molar-refractivity contribution in [1.29, 1.82) is 0 Å². The molecule has 1 aliphatic rings. The molecule has 1 fully saturated rings. The highest BCUT2D eigenvalue weighted by atomic mass is 32.1. The van der Waals surface area contributed by atoms with Crippen LogP contribution < -0.4 is 10.6 Å². The average molecular weight is 316 g/mol. The third kappa shape index (κ3) is 3.84. The lowest BCUT2D eigenvalue weighted by Crippen LogP contribution is -2.44. The van der Waals surface area contributed by atoms with Crippen LogP contribution in [0.4, 0.5) is 9.93 Å². The van der Waals surface area contributed by atoms with E-state index in [1.165, 1.54) is 11.3 Å². The highest BCUT2D eigenvalue weighted by molar-refractivity contribution is 7.14. The van der Waals surface area contributed by atoms with Crippen LogP contribution in [0.5, 0.6) is 0 Å². The molecule has 1 aromatic heterocycles. The maximum Gasteiger partial charge on any atom is 0.321 e. The number of aromatic nitrogens is 1. The SMILES string of the molecule is CN1CCC(NC(=O)Nc2nc(-c3ccccc3)cs2)CC1. The summed E-state index contributed by atoms with van der Waals surface area (Å²) in [5.74, 6) is 0. The third-order valence-corrected chi connectivity index (χ3v) is 4.61. The first-order chi connectivity index (χ1) is 10.7. The molecule has 0 saturated carbocycles. The zero-order chi connectivity index (χ0) is 15.4. The van der Waals surface area contributed by atoms with Gasteiger partial charge in [-0.25, -0.2) is 9.78 Å². The zero-order valence-electron chi connectivity index (χ0n) is 12.6. The van der Waals surface area contributed by atoms with Crippen molar-refractivity contribution in [2.24, 2.45) is 0 Å². The summed E-state index contributed by atoms with van der Waals surface area (Å²) in [6, 6.07) is 10.1. The van der Waals surface area contributed by atoms with E-state index in [2.05, 4.69) is 27.6 Å². The van der Waals surface area contributed by atoms with E-state index in [1.807, 2.05) is 35.7 Å². The number of benzene rings is 1. The summed E-state index contributed by atoms with van der Waals surface area (Å²) in [6.45, 7) is 2.06. The number of piperidine rings is 1. The summed E-state index contributed by atoms with van der Waals surface area (Å²) in [5.41, 5.74) is 1.95. The molecule has 116 valence electrons. The van der Waals surface area contributed by atoms with Gasteiger partial charge < -0.3 is 10.2 Å². The Morgan fingerprint density at radius 1 is 1.27 bits per heavy atom. The number of carbonyl (C=O) groups excluding carboxylic acids is 1. The lowest BCUT2D eigenvalue weighted by Gasteiger charge is -2.29. The van der Waals surface area contributed by atoms with Gasteiger partial charge in [-0.05, 0) is 33.0 Å². The molecular weight excluding hydrogens is 296 g/mol. The minimum Gasteiger partial charge on any atom is -0.335 e. The minimum absolute atomic E-state index is 0.163. The molecule has 0 atom stereocenters. The Balaban J connectivity index is 1.55. The smallest absolute Gasteiger partial charge is 0.321 e. The number of carbonyl (C=O) groups is 1. The Morgan fingerprint density at radius 2 is 2.00 bits per heavy atom. The van der Waals surface area contributed by atoms with E-state index in [-0.39, 0.29) is 12.1 Å². The van der Waals surface area contributed by atoms with Crippen LogP contribution in [0.15, 0.2) is 35.7 Å². The molecule has 0 aliphatic carbocycles. The Bertz CT molecular complexity index is 620. The fraction of sp³-hybridized carbons (Fsp3) is 0.375. The monoisotopic (exact) mass is 316 g/mol. The van der Waals surface area contributed by atoms with Crippen molar-refractivity contribution in [3.63, 3.8) is 0 Å². The second-order valence-corrected chi connectivity index (χ2v) is 6.44. The summed E-state index contributed by atoms with van der Waals surface area (Å²) >= 11 is 1.44. The second kappa shape index (κ2) is 6.89. The maximum atomic E-state index is 12.0. The van der Waals surface area contributed by atoms with Crippen molar-refractivity contribution in [2.75, 3.05) is 25.5 Å². The van der Waals surface area contributed by atoms with Crippen LogP contribution in [0.1, 0.15) is 12.8 Å². The third-order valence-electron chi connectivity index (χ3n) is 3.85. The number of amides is 2. The highest BCUT2D eigenvalue weighted by Crippen LogP contribution is 2.24. The summed E-state index contributed by atoms with van der Waals surface area (Å²) < 4.78 is 0. The zero-order valence-corrected chi connectivity index (χ0v) is 13.4. The number of nitrogens with zero attached hydrogens (tertiary/aromatic N) is 2. The Labute approximate surface area is 134 Å². The van der Waals surface area contributed by atoms with Gasteiger partial charge in [-0.15, -0.1) is 11.3 Å². The van der Waals surface area contributed by atoms with E-state index in [9.17, 15) is 4.79 Å². The molecule has 0 radical (unpaired) electrons. The molecule has 2 N–H and O–H groups in total. The van der Waals surface area contributed by atoms with Crippen molar-refractivity contribution in [1.82, 2.24) is 15.2 Å². The number of hydrogen-bond acceptors (Lipinski definition) is 4. The average Bonchev–Trinajstić information content (AvgIpc) is 2.99.